The van der Waals surface area contributed by atoms with E-state index in [-0.39, 0.29) is 18.1 Å². The molecule has 0 aromatic carbocycles. The highest BCUT2D eigenvalue weighted by Gasteiger charge is 2.42. The third-order valence-electron chi connectivity index (χ3n) is 3.93. The lowest BCUT2D eigenvalue weighted by Crippen LogP contribution is -2.35. The van der Waals surface area contributed by atoms with E-state index < -0.39 is 11.4 Å². The Morgan fingerprint density at radius 1 is 1.50 bits per heavy atom. The molecule has 2 aromatic heterocycles. The summed E-state index contributed by atoms with van der Waals surface area (Å²) in [6, 6.07) is 3.95. The van der Waals surface area contributed by atoms with Gasteiger partial charge in [-0.2, -0.15) is 0 Å². The third-order valence-corrected chi connectivity index (χ3v) is 4.79. The number of carbonyl (C=O) groups is 2. The van der Waals surface area contributed by atoms with Crippen molar-refractivity contribution in [3.05, 3.63) is 34.3 Å². The van der Waals surface area contributed by atoms with Crippen LogP contribution in [0.3, 0.4) is 0 Å². The van der Waals surface area contributed by atoms with Crippen molar-refractivity contribution in [2.24, 2.45) is 5.41 Å². The van der Waals surface area contributed by atoms with E-state index in [0.29, 0.717) is 19.5 Å². The molecule has 1 fully saturated rings. The summed E-state index contributed by atoms with van der Waals surface area (Å²) in [5, 5.41) is 19.1. The van der Waals surface area contributed by atoms with Gasteiger partial charge >= 0.3 is 5.97 Å². The van der Waals surface area contributed by atoms with Gasteiger partial charge in [-0.05, 0) is 24.8 Å². The molecule has 0 spiro atoms. The first-order valence-corrected chi connectivity index (χ1v) is 7.81. The zero-order valence-corrected chi connectivity index (χ0v) is 12.9. The van der Waals surface area contributed by atoms with Crippen molar-refractivity contribution in [3.8, 4) is 0 Å². The number of carboxylic acid groups (broad SMARTS) is 1. The number of aliphatic carboxylic acids is 1. The summed E-state index contributed by atoms with van der Waals surface area (Å²) in [5.74, 6) is -1.13. The van der Waals surface area contributed by atoms with Gasteiger partial charge in [0.1, 0.15) is 0 Å². The fraction of sp³-hybridized carbons (Fsp3) is 0.429. The van der Waals surface area contributed by atoms with Gasteiger partial charge in [0.15, 0.2) is 5.69 Å². The average molecular weight is 320 g/mol. The molecule has 2 aromatic rings. The molecule has 1 aliphatic heterocycles. The molecule has 8 heteroatoms. The maximum Gasteiger partial charge on any atom is 0.311 e. The van der Waals surface area contributed by atoms with Crippen molar-refractivity contribution >= 4 is 23.2 Å². The first-order valence-electron chi connectivity index (χ1n) is 6.93. The molecule has 1 aliphatic rings. The summed E-state index contributed by atoms with van der Waals surface area (Å²) in [4.78, 5) is 26.3. The predicted octanol–water partition coefficient (Wildman–Crippen LogP) is 1.32. The fourth-order valence-electron chi connectivity index (χ4n) is 2.51. The molecule has 1 amide bonds. The van der Waals surface area contributed by atoms with Gasteiger partial charge in [0, 0.05) is 18.0 Å². The predicted molar refractivity (Wildman–Crippen MR) is 79.7 cm³/mol. The highest BCUT2D eigenvalue weighted by molar-refractivity contribution is 7.09. The van der Waals surface area contributed by atoms with E-state index in [0.717, 1.165) is 4.88 Å². The van der Waals surface area contributed by atoms with Crippen LogP contribution in [0.1, 0.15) is 28.7 Å². The van der Waals surface area contributed by atoms with Gasteiger partial charge in [0.2, 0.25) is 0 Å². The maximum atomic E-state index is 12.4. The van der Waals surface area contributed by atoms with E-state index in [1.165, 1.54) is 4.90 Å². The van der Waals surface area contributed by atoms with Crippen LogP contribution >= 0.6 is 11.3 Å². The molecular weight excluding hydrogens is 304 g/mol. The summed E-state index contributed by atoms with van der Waals surface area (Å²) >= 11 is 1.61. The Morgan fingerprint density at radius 3 is 2.95 bits per heavy atom. The molecule has 116 valence electrons. The first kappa shape index (κ1) is 14.7. The van der Waals surface area contributed by atoms with Crippen molar-refractivity contribution < 1.29 is 14.7 Å². The van der Waals surface area contributed by atoms with Crippen molar-refractivity contribution in [3.63, 3.8) is 0 Å². The third kappa shape index (κ3) is 2.74. The quantitative estimate of drug-likeness (QED) is 0.918. The van der Waals surface area contributed by atoms with Crippen LogP contribution in [0.4, 0.5) is 0 Å². The first-order chi connectivity index (χ1) is 10.5. The van der Waals surface area contributed by atoms with Crippen molar-refractivity contribution in [1.29, 1.82) is 0 Å². The van der Waals surface area contributed by atoms with Crippen molar-refractivity contribution in [2.75, 3.05) is 13.1 Å². The highest BCUT2D eigenvalue weighted by atomic mass is 32.1. The molecule has 0 radical (unpaired) electrons. The van der Waals surface area contributed by atoms with Crippen LogP contribution in [0.5, 0.6) is 0 Å². The summed E-state index contributed by atoms with van der Waals surface area (Å²) in [6.07, 6.45) is 2.07. The molecule has 7 nitrogen and oxygen atoms in total. The molecule has 3 heterocycles. The van der Waals surface area contributed by atoms with Gasteiger partial charge in [-0.25, -0.2) is 4.68 Å². The molecule has 1 atom stereocenters. The zero-order chi connectivity index (χ0) is 15.7. The Hall–Kier alpha value is -2.22. The van der Waals surface area contributed by atoms with Crippen LogP contribution in [0, 0.1) is 5.41 Å². The summed E-state index contributed by atoms with van der Waals surface area (Å²) < 4.78 is 1.62. The Kier molecular flexibility index (Phi) is 3.69. The Labute approximate surface area is 131 Å². The second kappa shape index (κ2) is 5.53. The van der Waals surface area contributed by atoms with Gasteiger partial charge in [0.25, 0.3) is 5.91 Å². The number of hydrogen-bond donors (Lipinski definition) is 1. The lowest BCUT2D eigenvalue weighted by Gasteiger charge is -2.19. The van der Waals surface area contributed by atoms with E-state index in [1.54, 1.807) is 29.1 Å². The normalized spacial score (nSPS) is 21.2. The smallest absolute Gasteiger partial charge is 0.311 e. The minimum absolute atomic E-state index is 0.207. The van der Waals surface area contributed by atoms with E-state index in [2.05, 4.69) is 10.3 Å². The van der Waals surface area contributed by atoms with Crippen molar-refractivity contribution in [1.82, 2.24) is 19.9 Å². The number of hydrogen-bond acceptors (Lipinski definition) is 5. The van der Waals surface area contributed by atoms with E-state index in [9.17, 15) is 14.7 Å². The number of likely N-dealkylation sites (tertiary alicyclic amines) is 1. The van der Waals surface area contributed by atoms with E-state index in [4.69, 9.17) is 0 Å². The molecule has 3 rings (SSSR count). The largest absolute Gasteiger partial charge is 0.481 e. The van der Waals surface area contributed by atoms with Gasteiger partial charge in [0.05, 0.1) is 18.2 Å². The molecule has 0 unspecified atom stereocenters. The van der Waals surface area contributed by atoms with E-state index >= 15 is 0 Å². The molecule has 1 N–H and O–H groups in total. The van der Waals surface area contributed by atoms with Crippen LogP contribution in [0.25, 0.3) is 0 Å². The Balaban J connectivity index is 1.69. The average Bonchev–Trinajstić information content (AvgIpc) is 3.20. The second-order valence-electron chi connectivity index (χ2n) is 5.72. The lowest BCUT2D eigenvalue weighted by molar-refractivity contribution is -0.147. The summed E-state index contributed by atoms with van der Waals surface area (Å²) in [7, 11) is 0. The van der Waals surface area contributed by atoms with Gasteiger partial charge in [-0.15, -0.1) is 16.4 Å². The highest BCUT2D eigenvalue weighted by Crippen LogP contribution is 2.30. The molecule has 0 bridgehead atoms. The van der Waals surface area contributed by atoms with Gasteiger partial charge in [-0.1, -0.05) is 11.3 Å². The Bertz CT molecular complexity index is 697. The maximum absolute atomic E-state index is 12.4. The minimum Gasteiger partial charge on any atom is -0.481 e. The number of carbonyl (C=O) groups excluding carboxylic acids is 1. The molecule has 1 saturated heterocycles. The lowest BCUT2D eigenvalue weighted by atomic mass is 9.90. The van der Waals surface area contributed by atoms with Crippen LogP contribution in [-0.2, 0) is 11.3 Å². The summed E-state index contributed by atoms with van der Waals surface area (Å²) in [5.41, 5.74) is -0.617. The SMILES string of the molecule is C[C@]1(C(=O)O)CCN(C(=O)c2cn(Cc3cccs3)nn2)C1. The summed E-state index contributed by atoms with van der Waals surface area (Å²) in [6.45, 7) is 2.87. The van der Waals surface area contributed by atoms with Crippen LogP contribution in [0.15, 0.2) is 23.7 Å². The number of aromatic nitrogens is 3. The molecular formula is C14H16N4O3S. The van der Waals surface area contributed by atoms with Crippen LogP contribution in [-0.4, -0.2) is 50.0 Å². The van der Waals surface area contributed by atoms with E-state index in [1.807, 2.05) is 17.5 Å². The van der Waals surface area contributed by atoms with Crippen LogP contribution < -0.4 is 0 Å². The second-order valence-corrected chi connectivity index (χ2v) is 6.76. The molecule has 22 heavy (non-hydrogen) atoms. The number of carboxylic acids is 1. The Morgan fingerprint density at radius 2 is 2.32 bits per heavy atom. The number of thiophene rings is 1. The molecule has 0 saturated carbocycles. The number of nitrogens with zero attached hydrogens (tertiary/aromatic N) is 4. The monoisotopic (exact) mass is 320 g/mol. The van der Waals surface area contributed by atoms with Gasteiger partial charge in [-0.3, -0.25) is 9.59 Å². The topological polar surface area (TPSA) is 88.3 Å². The van der Waals surface area contributed by atoms with Crippen LogP contribution in [0.2, 0.25) is 0 Å². The van der Waals surface area contributed by atoms with Gasteiger partial charge < -0.3 is 10.0 Å². The zero-order valence-electron chi connectivity index (χ0n) is 12.1. The number of amides is 1. The standard InChI is InChI=1S/C14H16N4O3S/c1-14(13(20)21)4-5-17(9-14)12(19)11-8-18(16-15-11)7-10-3-2-6-22-10/h2-3,6,8H,4-5,7,9H2,1H3,(H,20,21)/t14-/m0/s1. The fourth-order valence-corrected chi connectivity index (χ4v) is 3.20. The molecule has 0 aliphatic carbocycles. The minimum atomic E-state index is -0.872. The van der Waals surface area contributed by atoms with Crippen molar-refractivity contribution in [2.45, 2.75) is 19.9 Å². The number of rotatable bonds is 4.